The van der Waals surface area contributed by atoms with Crippen LogP contribution in [-0.4, -0.2) is 11.6 Å². The van der Waals surface area contributed by atoms with E-state index in [1.807, 2.05) is 0 Å². The molecule has 0 heterocycles. The van der Waals surface area contributed by atoms with Gasteiger partial charge in [-0.3, -0.25) is 9.59 Å². The van der Waals surface area contributed by atoms with Crippen LogP contribution in [0.15, 0.2) is 12.2 Å². The smallest absolute Gasteiger partial charge is 0.144 e. The van der Waals surface area contributed by atoms with Crippen LogP contribution in [0.2, 0.25) is 0 Å². The van der Waals surface area contributed by atoms with Crippen molar-refractivity contribution in [2.24, 2.45) is 23.7 Å². The number of carbonyl (C=O) groups excluding carboxylic acids is 2. The van der Waals surface area contributed by atoms with Gasteiger partial charge in [0.15, 0.2) is 0 Å². The number of Topliss-reactive ketones (excluding diaryl/α,β-unsaturated/α-hetero) is 2. The third-order valence-corrected chi connectivity index (χ3v) is 3.55. The average molecular weight is 162 g/mol. The van der Waals surface area contributed by atoms with E-state index < -0.39 is 0 Å². The zero-order valence-corrected chi connectivity index (χ0v) is 6.69. The molecule has 4 atom stereocenters. The summed E-state index contributed by atoms with van der Waals surface area (Å²) in [4.78, 5) is 22.8. The van der Waals surface area contributed by atoms with Gasteiger partial charge >= 0.3 is 0 Å². The first kappa shape index (κ1) is 6.58. The lowest BCUT2D eigenvalue weighted by Gasteiger charge is -2.16. The fourth-order valence-corrected chi connectivity index (χ4v) is 3.11. The first-order valence-corrected chi connectivity index (χ1v) is 4.51. The lowest BCUT2D eigenvalue weighted by molar-refractivity contribution is -0.123. The third kappa shape index (κ3) is 0.576. The predicted molar refractivity (Wildman–Crippen MR) is 42.3 cm³/mol. The summed E-state index contributed by atoms with van der Waals surface area (Å²) >= 11 is 0. The fraction of sp³-hybridized carbons (Fsp3) is 0.600. The molecule has 3 aliphatic carbocycles. The Morgan fingerprint density at radius 2 is 1.50 bits per heavy atom. The molecule has 2 nitrogen and oxygen atoms in total. The van der Waals surface area contributed by atoms with E-state index >= 15 is 0 Å². The molecule has 2 heteroatoms. The van der Waals surface area contributed by atoms with Gasteiger partial charge < -0.3 is 0 Å². The quantitative estimate of drug-likeness (QED) is 0.393. The van der Waals surface area contributed by atoms with Crippen molar-refractivity contribution in [3.05, 3.63) is 12.2 Å². The summed E-state index contributed by atoms with van der Waals surface area (Å²) in [6, 6.07) is 0. The molecule has 62 valence electrons. The van der Waals surface area contributed by atoms with Gasteiger partial charge in [0.1, 0.15) is 11.6 Å². The summed E-state index contributed by atoms with van der Waals surface area (Å²) in [5.41, 5.74) is 0. The van der Waals surface area contributed by atoms with Crippen LogP contribution >= 0.6 is 0 Å². The summed E-state index contributed by atoms with van der Waals surface area (Å²) in [5, 5.41) is 0. The van der Waals surface area contributed by atoms with Crippen molar-refractivity contribution < 1.29 is 9.59 Å². The summed E-state index contributed by atoms with van der Waals surface area (Å²) in [5.74, 6) is 1.35. The Hall–Kier alpha value is -0.920. The molecule has 0 N–H and O–H groups in total. The number of rotatable bonds is 0. The number of carbonyl (C=O) groups is 2. The van der Waals surface area contributed by atoms with E-state index in [1.165, 1.54) is 0 Å². The summed E-state index contributed by atoms with van der Waals surface area (Å²) in [6.07, 6.45) is 5.52. The molecule has 3 aliphatic rings. The van der Waals surface area contributed by atoms with Crippen molar-refractivity contribution in [3.63, 3.8) is 0 Å². The van der Waals surface area contributed by atoms with Crippen molar-refractivity contribution in [1.29, 1.82) is 0 Å². The molecular formula is C10H10O2. The number of ketones is 2. The largest absolute Gasteiger partial charge is 0.299 e. The van der Waals surface area contributed by atoms with Crippen molar-refractivity contribution in [3.8, 4) is 0 Å². The fourth-order valence-electron chi connectivity index (χ4n) is 3.11. The van der Waals surface area contributed by atoms with Gasteiger partial charge in [-0.15, -0.1) is 0 Å². The van der Waals surface area contributed by atoms with Crippen LogP contribution in [0.25, 0.3) is 0 Å². The van der Waals surface area contributed by atoms with Gasteiger partial charge in [0.2, 0.25) is 0 Å². The van der Waals surface area contributed by atoms with Crippen molar-refractivity contribution >= 4 is 11.6 Å². The molecule has 0 radical (unpaired) electrons. The molecule has 4 unspecified atom stereocenters. The highest BCUT2D eigenvalue weighted by Gasteiger charge is 2.55. The summed E-state index contributed by atoms with van der Waals surface area (Å²) < 4.78 is 0. The molecule has 0 amide bonds. The Kier molecular flexibility index (Phi) is 1.03. The number of hydrogen-bond acceptors (Lipinski definition) is 2. The highest BCUT2D eigenvalue weighted by Crippen LogP contribution is 2.52. The minimum absolute atomic E-state index is 0.0764. The van der Waals surface area contributed by atoms with E-state index in [4.69, 9.17) is 0 Å². The maximum Gasteiger partial charge on any atom is 0.144 e. The maximum atomic E-state index is 11.4. The number of allylic oxidation sites excluding steroid dienone is 2. The standard InChI is InChI=1S/C10H10O2/c11-7-4-8(12)10-6-2-1-5(3-6)9(7)10/h1-2,5-6,9-10H,3-4H2. The first-order chi connectivity index (χ1) is 5.77. The van der Waals surface area contributed by atoms with Crippen LogP contribution < -0.4 is 0 Å². The normalized spacial score (nSPS) is 49.0. The van der Waals surface area contributed by atoms with Crippen LogP contribution in [0.5, 0.6) is 0 Å². The van der Waals surface area contributed by atoms with E-state index in [2.05, 4.69) is 12.2 Å². The van der Waals surface area contributed by atoms with E-state index in [1.54, 1.807) is 0 Å². The van der Waals surface area contributed by atoms with Crippen LogP contribution in [0.1, 0.15) is 12.8 Å². The second kappa shape index (κ2) is 1.87. The zero-order valence-electron chi connectivity index (χ0n) is 6.69. The van der Waals surface area contributed by atoms with Gasteiger partial charge in [-0.25, -0.2) is 0 Å². The third-order valence-electron chi connectivity index (χ3n) is 3.55. The molecule has 2 bridgehead atoms. The molecule has 0 aromatic heterocycles. The van der Waals surface area contributed by atoms with Crippen molar-refractivity contribution in [2.75, 3.05) is 0 Å². The van der Waals surface area contributed by atoms with E-state index in [9.17, 15) is 9.59 Å². The molecule has 0 saturated heterocycles. The Morgan fingerprint density at radius 3 is 2.00 bits per heavy atom. The van der Waals surface area contributed by atoms with Gasteiger partial charge in [-0.2, -0.15) is 0 Å². The van der Waals surface area contributed by atoms with E-state index in [0.29, 0.717) is 11.8 Å². The van der Waals surface area contributed by atoms with E-state index in [-0.39, 0.29) is 29.8 Å². The van der Waals surface area contributed by atoms with Gasteiger partial charge in [-0.05, 0) is 18.3 Å². The number of hydrogen-bond donors (Lipinski definition) is 0. The van der Waals surface area contributed by atoms with Gasteiger partial charge in [0, 0.05) is 11.8 Å². The van der Waals surface area contributed by atoms with Crippen LogP contribution in [0.3, 0.4) is 0 Å². The highest BCUT2D eigenvalue weighted by molar-refractivity contribution is 6.09. The zero-order chi connectivity index (χ0) is 8.29. The minimum atomic E-state index is 0.0764. The van der Waals surface area contributed by atoms with Crippen molar-refractivity contribution in [2.45, 2.75) is 12.8 Å². The van der Waals surface area contributed by atoms with Crippen molar-refractivity contribution in [1.82, 2.24) is 0 Å². The second-order valence-corrected chi connectivity index (χ2v) is 4.11. The molecule has 3 rings (SSSR count). The first-order valence-electron chi connectivity index (χ1n) is 4.51. The molecule has 0 spiro atoms. The molecule has 2 saturated carbocycles. The summed E-state index contributed by atoms with van der Waals surface area (Å²) in [6.45, 7) is 0. The monoisotopic (exact) mass is 162 g/mol. The summed E-state index contributed by atoms with van der Waals surface area (Å²) in [7, 11) is 0. The SMILES string of the molecule is O=C1CC(=O)C2C3C=CC(C3)C12. The molecule has 0 aromatic carbocycles. The van der Waals surface area contributed by atoms with Gasteiger partial charge in [0.05, 0.1) is 6.42 Å². The average Bonchev–Trinajstić information content (AvgIpc) is 2.64. The highest BCUT2D eigenvalue weighted by atomic mass is 16.2. The lowest BCUT2D eigenvalue weighted by atomic mass is 9.85. The number of fused-ring (bicyclic) bond motifs is 5. The molecular weight excluding hydrogens is 152 g/mol. The topological polar surface area (TPSA) is 34.1 Å². The van der Waals surface area contributed by atoms with Crippen LogP contribution in [0.4, 0.5) is 0 Å². The van der Waals surface area contributed by atoms with Crippen LogP contribution in [-0.2, 0) is 9.59 Å². The molecule has 0 aliphatic heterocycles. The second-order valence-electron chi connectivity index (χ2n) is 4.11. The Balaban J connectivity index is 2.08. The Bertz CT molecular complexity index is 275. The minimum Gasteiger partial charge on any atom is -0.299 e. The van der Waals surface area contributed by atoms with E-state index in [0.717, 1.165) is 6.42 Å². The van der Waals surface area contributed by atoms with Gasteiger partial charge in [0.25, 0.3) is 0 Å². The Morgan fingerprint density at radius 1 is 1.00 bits per heavy atom. The Labute approximate surface area is 70.6 Å². The molecule has 0 aromatic rings. The molecule has 12 heavy (non-hydrogen) atoms. The molecule has 2 fully saturated rings. The van der Waals surface area contributed by atoms with Gasteiger partial charge in [-0.1, -0.05) is 12.2 Å². The maximum absolute atomic E-state index is 11.4. The predicted octanol–water partition coefficient (Wildman–Crippen LogP) is 0.967. The van der Waals surface area contributed by atoms with Crippen LogP contribution in [0, 0.1) is 23.7 Å². The lowest BCUT2D eigenvalue weighted by Crippen LogP contribution is -2.21.